The molecule has 0 fully saturated rings. The van der Waals surface area contributed by atoms with Gasteiger partial charge >= 0.3 is 6.18 Å². The van der Waals surface area contributed by atoms with Gasteiger partial charge in [-0.25, -0.2) is 9.97 Å². The molecule has 0 spiro atoms. The van der Waals surface area contributed by atoms with Crippen molar-refractivity contribution in [2.24, 2.45) is 0 Å². The van der Waals surface area contributed by atoms with Crippen molar-refractivity contribution in [2.45, 2.75) is 6.18 Å². The topological polar surface area (TPSA) is 66.9 Å². The zero-order valence-electron chi connectivity index (χ0n) is 13.6. The van der Waals surface area contributed by atoms with Crippen molar-refractivity contribution in [3.05, 3.63) is 77.1 Å². The summed E-state index contributed by atoms with van der Waals surface area (Å²) in [5, 5.41) is 5.76. The summed E-state index contributed by atoms with van der Waals surface area (Å²) in [5.41, 5.74) is 0.0906. The molecule has 9 heteroatoms. The van der Waals surface area contributed by atoms with Gasteiger partial charge in [-0.3, -0.25) is 4.79 Å². The first-order valence-corrected chi connectivity index (χ1v) is 8.04. The lowest BCUT2D eigenvalue weighted by Gasteiger charge is -2.10. The Labute approximate surface area is 157 Å². The maximum atomic E-state index is 12.6. The molecule has 1 aromatic heterocycles. The van der Waals surface area contributed by atoms with Crippen LogP contribution in [0.3, 0.4) is 0 Å². The van der Waals surface area contributed by atoms with E-state index >= 15 is 0 Å². The van der Waals surface area contributed by atoms with E-state index < -0.39 is 17.6 Å². The van der Waals surface area contributed by atoms with Crippen molar-refractivity contribution in [3.63, 3.8) is 0 Å². The van der Waals surface area contributed by atoms with Gasteiger partial charge in [0, 0.05) is 11.9 Å². The quantitative estimate of drug-likeness (QED) is 0.644. The van der Waals surface area contributed by atoms with Crippen LogP contribution in [-0.2, 0) is 6.18 Å². The molecule has 1 amide bonds. The molecule has 0 aliphatic carbocycles. The normalized spacial score (nSPS) is 11.1. The lowest BCUT2D eigenvalue weighted by Crippen LogP contribution is -2.15. The number of aromatic nitrogens is 2. The summed E-state index contributed by atoms with van der Waals surface area (Å²) >= 11 is 6.00. The molecular weight excluding hydrogens is 381 g/mol. The molecule has 1 heterocycles. The molecule has 0 atom stereocenters. The Hall–Kier alpha value is -3.13. The molecule has 0 saturated carbocycles. The molecule has 0 aliphatic rings. The smallest absolute Gasteiger partial charge is 0.324 e. The number of carbonyl (C=O) groups excluding carboxylic acids is 1. The van der Waals surface area contributed by atoms with E-state index in [0.29, 0.717) is 16.4 Å². The average Bonchev–Trinajstić information content (AvgIpc) is 2.63. The van der Waals surface area contributed by atoms with Gasteiger partial charge in [0.2, 0.25) is 5.95 Å². The van der Waals surface area contributed by atoms with Gasteiger partial charge in [0.15, 0.2) is 0 Å². The lowest BCUT2D eigenvalue weighted by molar-refractivity contribution is -0.137. The number of rotatable bonds is 4. The number of amides is 1. The van der Waals surface area contributed by atoms with E-state index in [1.807, 2.05) is 0 Å². The largest absolute Gasteiger partial charge is 0.416 e. The van der Waals surface area contributed by atoms with E-state index in [2.05, 4.69) is 20.6 Å². The van der Waals surface area contributed by atoms with Crippen molar-refractivity contribution >= 4 is 34.8 Å². The van der Waals surface area contributed by atoms with Gasteiger partial charge in [0.25, 0.3) is 5.91 Å². The number of anilines is 3. The number of hydrogen-bond acceptors (Lipinski definition) is 4. The second-order valence-electron chi connectivity index (χ2n) is 5.40. The van der Waals surface area contributed by atoms with Gasteiger partial charge in [-0.1, -0.05) is 23.7 Å². The maximum absolute atomic E-state index is 12.6. The second kappa shape index (κ2) is 7.63. The number of nitrogens with one attached hydrogen (secondary N) is 2. The Balaban J connectivity index is 1.73. The predicted octanol–water partition coefficient (Wildman–Crippen LogP) is 5.14. The molecule has 3 rings (SSSR count). The van der Waals surface area contributed by atoms with E-state index in [4.69, 9.17) is 11.6 Å². The average molecular weight is 393 g/mol. The Morgan fingerprint density at radius 2 is 1.70 bits per heavy atom. The van der Waals surface area contributed by atoms with Gasteiger partial charge in [-0.15, -0.1) is 0 Å². The predicted molar refractivity (Wildman–Crippen MR) is 96.2 cm³/mol. The highest BCUT2D eigenvalue weighted by Gasteiger charge is 2.29. The van der Waals surface area contributed by atoms with E-state index in [1.54, 1.807) is 24.3 Å². The SMILES string of the molecule is O=C(Nc1ccccc1Cl)c1ccnc(Nc2ccc(C(F)(F)F)cc2)n1. The fourth-order valence-corrected chi connectivity index (χ4v) is 2.35. The molecule has 0 bridgehead atoms. The van der Waals surface area contributed by atoms with Crippen molar-refractivity contribution in [1.82, 2.24) is 9.97 Å². The minimum Gasteiger partial charge on any atom is -0.324 e. The second-order valence-corrected chi connectivity index (χ2v) is 5.81. The van der Waals surface area contributed by atoms with Gasteiger partial charge in [0.1, 0.15) is 5.69 Å². The van der Waals surface area contributed by atoms with Crippen LogP contribution in [0.2, 0.25) is 5.02 Å². The Bertz CT molecular complexity index is 961. The van der Waals surface area contributed by atoms with Crippen LogP contribution in [0.1, 0.15) is 16.1 Å². The van der Waals surface area contributed by atoms with E-state index in [-0.39, 0.29) is 11.6 Å². The van der Waals surface area contributed by atoms with E-state index in [9.17, 15) is 18.0 Å². The molecule has 0 unspecified atom stereocenters. The molecule has 138 valence electrons. The number of hydrogen-bond donors (Lipinski definition) is 2. The lowest BCUT2D eigenvalue weighted by atomic mass is 10.2. The molecule has 2 aromatic carbocycles. The maximum Gasteiger partial charge on any atom is 0.416 e. The van der Waals surface area contributed by atoms with E-state index in [1.165, 1.54) is 24.4 Å². The van der Waals surface area contributed by atoms with Crippen LogP contribution in [0.15, 0.2) is 60.8 Å². The number of carbonyl (C=O) groups is 1. The molecule has 2 N–H and O–H groups in total. The standard InChI is InChI=1S/C18H12ClF3N4O/c19-13-3-1-2-4-14(13)25-16(27)15-9-10-23-17(26-15)24-12-7-5-11(6-8-12)18(20,21)22/h1-10H,(H,25,27)(H,23,24,26). The van der Waals surface area contributed by atoms with Crippen molar-refractivity contribution in [3.8, 4) is 0 Å². The zero-order valence-corrected chi connectivity index (χ0v) is 14.3. The molecule has 0 radical (unpaired) electrons. The number of para-hydroxylation sites is 1. The monoisotopic (exact) mass is 392 g/mol. The summed E-state index contributed by atoms with van der Waals surface area (Å²) in [7, 11) is 0. The molecular formula is C18H12ClF3N4O. The summed E-state index contributed by atoms with van der Waals surface area (Å²) in [6.45, 7) is 0. The number of nitrogens with zero attached hydrogens (tertiary/aromatic N) is 2. The third kappa shape index (κ3) is 4.73. The zero-order chi connectivity index (χ0) is 19.4. The van der Waals surface area contributed by atoms with Crippen LogP contribution in [0, 0.1) is 0 Å². The van der Waals surface area contributed by atoms with Gasteiger partial charge in [0.05, 0.1) is 16.3 Å². The molecule has 5 nitrogen and oxygen atoms in total. The minimum atomic E-state index is -4.41. The fourth-order valence-electron chi connectivity index (χ4n) is 2.17. The Kier molecular flexibility index (Phi) is 5.27. The van der Waals surface area contributed by atoms with Crippen LogP contribution in [-0.4, -0.2) is 15.9 Å². The fraction of sp³-hybridized carbons (Fsp3) is 0.0556. The van der Waals surface area contributed by atoms with Crippen LogP contribution in [0.25, 0.3) is 0 Å². The first-order valence-electron chi connectivity index (χ1n) is 7.66. The van der Waals surface area contributed by atoms with Gasteiger partial charge < -0.3 is 10.6 Å². The third-order valence-electron chi connectivity index (χ3n) is 3.48. The van der Waals surface area contributed by atoms with E-state index in [0.717, 1.165) is 12.1 Å². The molecule has 0 aliphatic heterocycles. The summed E-state index contributed by atoms with van der Waals surface area (Å²) < 4.78 is 37.8. The van der Waals surface area contributed by atoms with Crippen molar-refractivity contribution in [1.29, 1.82) is 0 Å². The summed E-state index contributed by atoms with van der Waals surface area (Å²) in [6.07, 6.45) is -3.05. The first-order chi connectivity index (χ1) is 12.8. The van der Waals surface area contributed by atoms with Gasteiger partial charge in [-0.2, -0.15) is 13.2 Å². The highest BCUT2D eigenvalue weighted by Crippen LogP contribution is 2.30. The minimum absolute atomic E-state index is 0.0688. The van der Waals surface area contributed by atoms with Crippen LogP contribution >= 0.6 is 11.6 Å². The molecule has 27 heavy (non-hydrogen) atoms. The van der Waals surface area contributed by atoms with Crippen LogP contribution in [0.4, 0.5) is 30.5 Å². The van der Waals surface area contributed by atoms with Crippen LogP contribution < -0.4 is 10.6 Å². The highest BCUT2D eigenvalue weighted by molar-refractivity contribution is 6.33. The number of alkyl halides is 3. The molecule has 0 saturated heterocycles. The Morgan fingerprint density at radius 1 is 1.00 bits per heavy atom. The Morgan fingerprint density at radius 3 is 2.37 bits per heavy atom. The third-order valence-corrected chi connectivity index (χ3v) is 3.81. The molecule has 3 aromatic rings. The number of benzene rings is 2. The first kappa shape index (κ1) is 18.7. The van der Waals surface area contributed by atoms with Crippen LogP contribution in [0.5, 0.6) is 0 Å². The summed E-state index contributed by atoms with van der Waals surface area (Å²) in [6, 6.07) is 12.5. The van der Waals surface area contributed by atoms with Gasteiger partial charge in [-0.05, 0) is 42.5 Å². The summed E-state index contributed by atoms with van der Waals surface area (Å²) in [4.78, 5) is 20.3. The number of halogens is 4. The highest BCUT2D eigenvalue weighted by atomic mass is 35.5. The van der Waals surface area contributed by atoms with Crippen molar-refractivity contribution in [2.75, 3.05) is 10.6 Å². The summed E-state index contributed by atoms with van der Waals surface area (Å²) in [5.74, 6) is -0.428. The van der Waals surface area contributed by atoms with Crippen molar-refractivity contribution < 1.29 is 18.0 Å².